The lowest BCUT2D eigenvalue weighted by Crippen LogP contribution is -1.77. The van der Waals surface area contributed by atoms with Gasteiger partial charge in [-0.15, -0.1) is 11.3 Å². The van der Waals surface area contributed by atoms with Crippen LogP contribution < -0.4 is 0 Å². The third-order valence-electron chi connectivity index (χ3n) is 0.792. The third-order valence-corrected chi connectivity index (χ3v) is 2.49. The average molecular weight is 192 g/mol. The van der Waals surface area contributed by atoms with E-state index in [1.165, 1.54) is 0 Å². The molecule has 44 valence electrons. The van der Waals surface area contributed by atoms with Crippen LogP contribution in [0.3, 0.4) is 0 Å². The van der Waals surface area contributed by atoms with Crippen molar-refractivity contribution in [3.8, 4) is 0 Å². The quantitative estimate of drug-likeness (QED) is 0.623. The predicted octanol–water partition coefficient (Wildman–Crippen LogP) is 2.60. The van der Waals surface area contributed by atoms with Crippen LogP contribution in [-0.2, 0) is 0 Å². The first kappa shape index (κ1) is 6.23. The second kappa shape index (κ2) is 2.60. The van der Waals surface area contributed by atoms with Crippen molar-refractivity contribution in [2.24, 2.45) is 0 Å². The molecule has 0 radical (unpaired) electrons. The molecule has 1 aromatic rings. The van der Waals surface area contributed by atoms with Crippen molar-refractivity contribution < 1.29 is 0 Å². The van der Waals surface area contributed by atoms with Crippen LogP contribution in [0, 0.1) is 0 Å². The van der Waals surface area contributed by atoms with E-state index in [0.717, 1.165) is 5.01 Å². The monoisotopic (exact) mass is 191 g/mol. The molecule has 0 aliphatic rings. The molecule has 1 heterocycles. The molecule has 0 bridgehead atoms. The molecule has 0 fully saturated rings. The molecule has 1 nitrogen and oxygen atoms in total. The molecule has 0 aliphatic heterocycles. The molecular formula is C5H6BrNS. The SMILES string of the molecule is C[C@@H](Br)c1nccs1. The fraction of sp³-hybridized carbons (Fsp3) is 0.400. The zero-order valence-corrected chi connectivity index (χ0v) is 6.87. The van der Waals surface area contributed by atoms with Crippen molar-refractivity contribution in [3.63, 3.8) is 0 Å². The largest absolute Gasteiger partial charge is 0.249 e. The van der Waals surface area contributed by atoms with E-state index in [2.05, 4.69) is 27.8 Å². The minimum Gasteiger partial charge on any atom is -0.249 e. The van der Waals surface area contributed by atoms with E-state index in [1.807, 2.05) is 11.6 Å². The number of halogens is 1. The molecule has 1 atom stereocenters. The Labute approximate surface area is 60.9 Å². The van der Waals surface area contributed by atoms with Crippen molar-refractivity contribution in [2.45, 2.75) is 11.8 Å². The van der Waals surface area contributed by atoms with Crippen molar-refractivity contribution >= 4 is 27.3 Å². The van der Waals surface area contributed by atoms with Gasteiger partial charge in [0, 0.05) is 11.6 Å². The maximum Gasteiger partial charge on any atom is 0.106 e. The Morgan fingerprint density at radius 3 is 2.88 bits per heavy atom. The smallest absolute Gasteiger partial charge is 0.106 e. The molecule has 1 aromatic heterocycles. The first-order chi connectivity index (χ1) is 3.80. The van der Waals surface area contributed by atoms with Crippen LogP contribution in [0.1, 0.15) is 16.8 Å². The lowest BCUT2D eigenvalue weighted by molar-refractivity contribution is 1.08. The van der Waals surface area contributed by atoms with Gasteiger partial charge in [-0.25, -0.2) is 4.98 Å². The van der Waals surface area contributed by atoms with Crippen LogP contribution in [0.4, 0.5) is 0 Å². The van der Waals surface area contributed by atoms with Crippen molar-refractivity contribution in [3.05, 3.63) is 16.6 Å². The summed E-state index contributed by atoms with van der Waals surface area (Å²) in [6, 6.07) is 0. The molecule has 0 N–H and O–H groups in total. The minimum absolute atomic E-state index is 0.405. The van der Waals surface area contributed by atoms with Crippen molar-refractivity contribution in [1.29, 1.82) is 0 Å². The van der Waals surface area contributed by atoms with Gasteiger partial charge in [0.25, 0.3) is 0 Å². The Kier molecular flexibility index (Phi) is 2.02. The van der Waals surface area contributed by atoms with Gasteiger partial charge in [-0.1, -0.05) is 15.9 Å². The summed E-state index contributed by atoms with van der Waals surface area (Å²) in [5.74, 6) is 0. The number of aromatic nitrogens is 1. The van der Waals surface area contributed by atoms with Crippen LogP contribution in [0.15, 0.2) is 11.6 Å². The summed E-state index contributed by atoms with van der Waals surface area (Å²) in [5, 5.41) is 3.12. The fourth-order valence-corrected chi connectivity index (χ4v) is 1.44. The summed E-state index contributed by atoms with van der Waals surface area (Å²) in [6.45, 7) is 2.07. The lowest BCUT2D eigenvalue weighted by Gasteiger charge is -1.91. The van der Waals surface area contributed by atoms with E-state index in [9.17, 15) is 0 Å². The van der Waals surface area contributed by atoms with E-state index >= 15 is 0 Å². The molecule has 0 unspecified atom stereocenters. The zero-order valence-electron chi connectivity index (χ0n) is 4.47. The predicted molar refractivity (Wildman–Crippen MR) is 39.5 cm³/mol. The van der Waals surface area contributed by atoms with Crippen molar-refractivity contribution in [2.75, 3.05) is 0 Å². The molecule has 1 rings (SSSR count). The zero-order chi connectivity index (χ0) is 5.98. The van der Waals surface area contributed by atoms with Crippen LogP contribution in [-0.4, -0.2) is 4.98 Å². The van der Waals surface area contributed by atoms with Crippen LogP contribution in [0.5, 0.6) is 0 Å². The molecule has 0 amide bonds. The van der Waals surface area contributed by atoms with Gasteiger partial charge < -0.3 is 0 Å². The Bertz CT molecular complexity index is 147. The number of rotatable bonds is 1. The second-order valence-electron chi connectivity index (χ2n) is 1.49. The van der Waals surface area contributed by atoms with Crippen LogP contribution in [0.25, 0.3) is 0 Å². The van der Waals surface area contributed by atoms with Gasteiger partial charge in [-0.3, -0.25) is 0 Å². The number of thiazole rings is 1. The summed E-state index contributed by atoms with van der Waals surface area (Å²) < 4.78 is 0. The maximum absolute atomic E-state index is 4.09. The van der Waals surface area contributed by atoms with E-state index in [1.54, 1.807) is 11.3 Å². The van der Waals surface area contributed by atoms with Crippen molar-refractivity contribution in [1.82, 2.24) is 4.98 Å². The fourth-order valence-electron chi connectivity index (χ4n) is 0.431. The summed E-state index contributed by atoms with van der Waals surface area (Å²) >= 11 is 5.08. The highest BCUT2D eigenvalue weighted by atomic mass is 79.9. The van der Waals surface area contributed by atoms with E-state index in [-0.39, 0.29) is 0 Å². The number of hydrogen-bond acceptors (Lipinski definition) is 2. The van der Waals surface area contributed by atoms with Gasteiger partial charge >= 0.3 is 0 Å². The maximum atomic E-state index is 4.09. The van der Waals surface area contributed by atoms with Gasteiger partial charge in [-0.2, -0.15) is 0 Å². The molecule has 0 saturated carbocycles. The minimum atomic E-state index is 0.405. The van der Waals surface area contributed by atoms with Crippen LogP contribution in [0.2, 0.25) is 0 Å². The topological polar surface area (TPSA) is 12.9 Å². The summed E-state index contributed by atoms with van der Waals surface area (Å²) in [6.07, 6.45) is 1.82. The van der Waals surface area contributed by atoms with E-state index in [0.29, 0.717) is 4.83 Å². The molecule has 0 aromatic carbocycles. The normalized spacial score (nSPS) is 13.8. The molecular weight excluding hydrogens is 186 g/mol. The summed E-state index contributed by atoms with van der Waals surface area (Å²) in [4.78, 5) is 4.49. The highest BCUT2D eigenvalue weighted by Crippen LogP contribution is 2.22. The molecule has 8 heavy (non-hydrogen) atoms. The molecule has 0 aliphatic carbocycles. The molecule has 0 saturated heterocycles. The van der Waals surface area contributed by atoms with Crippen LogP contribution >= 0.6 is 27.3 Å². The third kappa shape index (κ3) is 1.29. The van der Waals surface area contributed by atoms with Gasteiger partial charge in [-0.05, 0) is 6.92 Å². The lowest BCUT2D eigenvalue weighted by atomic mass is 10.5. The van der Waals surface area contributed by atoms with Gasteiger partial charge in [0.05, 0.1) is 4.83 Å². The van der Waals surface area contributed by atoms with E-state index < -0.39 is 0 Å². The Balaban J connectivity index is 2.77. The number of nitrogens with zero attached hydrogens (tertiary/aromatic N) is 1. The van der Waals surface area contributed by atoms with Gasteiger partial charge in [0.1, 0.15) is 5.01 Å². The highest BCUT2D eigenvalue weighted by Gasteiger charge is 1.99. The summed E-state index contributed by atoms with van der Waals surface area (Å²) in [5.41, 5.74) is 0. The standard InChI is InChI=1S/C5H6BrNS/c1-4(6)5-7-2-3-8-5/h2-4H,1H3/t4-/m1/s1. The van der Waals surface area contributed by atoms with Gasteiger partial charge in [0.2, 0.25) is 0 Å². The first-order valence-corrected chi connectivity index (χ1v) is 4.13. The first-order valence-electron chi connectivity index (χ1n) is 2.34. The molecule has 3 heteroatoms. The van der Waals surface area contributed by atoms with Gasteiger partial charge in [0.15, 0.2) is 0 Å². The molecule has 0 spiro atoms. The Morgan fingerprint density at radius 2 is 2.62 bits per heavy atom. The Morgan fingerprint density at radius 1 is 1.88 bits per heavy atom. The summed E-state index contributed by atoms with van der Waals surface area (Å²) in [7, 11) is 0. The Hall–Kier alpha value is 0.110. The average Bonchev–Trinajstić information content (AvgIpc) is 2.12. The number of alkyl halides is 1. The number of hydrogen-bond donors (Lipinski definition) is 0. The second-order valence-corrected chi connectivity index (χ2v) is 3.79. The highest BCUT2D eigenvalue weighted by molar-refractivity contribution is 9.09. The van der Waals surface area contributed by atoms with E-state index in [4.69, 9.17) is 0 Å².